The minimum absolute atomic E-state index is 0.141. The smallest absolute Gasteiger partial charge is 0.0920 e. The number of hydrogen-bond acceptors (Lipinski definition) is 2. The van der Waals surface area contributed by atoms with Gasteiger partial charge in [-0.2, -0.15) is 4.91 Å². The van der Waals surface area contributed by atoms with Gasteiger partial charge in [0.2, 0.25) is 0 Å². The lowest BCUT2D eigenvalue weighted by atomic mass is 9.85. The standard InChI is InChI=1S/C8H15NO/c1-2-7-3-5-8(9-10)6-4-7/h7-8H,2-6H2,1H3/t7-,8+. The third-order valence-electron chi connectivity index (χ3n) is 2.54. The van der Waals surface area contributed by atoms with Crippen LogP contribution in [-0.2, 0) is 0 Å². The molecule has 0 unspecified atom stereocenters. The van der Waals surface area contributed by atoms with E-state index in [9.17, 15) is 4.91 Å². The van der Waals surface area contributed by atoms with E-state index < -0.39 is 0 Å². The summed E-state index contributed by atoms with van der Waals surface area (Å²) in [5.74, 6) is 0.873. The summed E-state index contributed by atoms with van der Waals surface area (Å²) in [6.45, 7) is 2.22. The highest BCUT2D eigenvalue weighted by molar-refractivity contribution is 4.75. The maximum Gasteiger partial charge on any atom is 0.0920 e. The summed E-state index contributed by atoms with van der Waals surface area (Å²) in [4.78, 5) is 10.1. The van der Waals surface area contributed by atoms with E-state index in [2.05, 4.69) is 12.1 Å². The van der Waals surface area contributed by atoms with Crippen molar-refractivity contribution in [2.45, 2.75) is 45.1 Å². The molecule has 58 valence electrons. The van der Waals surface area contributed by atoms with E-state index in [1.165, 1.54) is 19.3 Å². The third kappa shape index (κ3) is 1.79. The van der Waals surface area contributed by atoms with Crippen LogP contribution in [0.5, 0.6) is 0 Å². The maximum atomic E-state index is 10.1. The van der Waals surface area contributed by atoms with E-state index in [0.29, 0.717) is 0 Å². The molecule has 0 spiro atoms. The molecule has 0 saturated heterocycles. The molecule has 0 atom stereocenters. The molecule has 1 aliphatic carbocycles. The van der Waals surface area contributed by atoms with Crippen LogP contribution in [0, 0.1) is 10.8 Å². The highest BCUT2D eigenvalue weighted by Crippen LogP contribution is 2.27. The van der Waals surface area contributed by atoms with Gasteiger partial charge < -0.3 is 0 Å². The van der Waals surface area contributed by atoms with Gasteiger partial charge in [0.1, 0.15) is 0 Å². The zero-order valence-corrected chi connectivity index (χ0v) is 6.55. The van der Waals surface area contributed by atoms with E-state index >= 15 is 0 Å². The predicted octanol–water partition coefficient (Wildman–Crippen LogP) is 2.72. The summed E-state index contributed by atoms with van der Waals surface area (Å²) in [6.07, 6.45) is 5.76. The van der Waals surface area contributed by atoms with Gasteiger partial charge in [-0.3, -0.25) is 0 Å². The molecule has 0 heterocycles. The fourth-order valence-electron chi connectivity index (χ4n) is 1.66. The van der Waals surface area contributed by atoms with Crippen LogP contribution < -0.4 is 0 Å². The Hall–Kier alpha value is -0.400. The SMILES string of the molecule is CC[C@H]1CC[C@@H](N=O)CC1. The zero-order chi connectivity index (χ0) is 7.40. The first-order valence-corrected chi connectivity index (χ1v) is 4.19. The lowest BCUT2D eigenvalue weighted by Crippen LogP contribution is -2.15. The van der Waals surface area contributed by atoms with E-state index in [0.717, 1.165) is 18.8 Å². The van der Waals surface area contributed by atoms with Gasteiger partial charge in [-0.15, -0.1) is 0 Å². The quantitative estimate of drug-likeness (QED) is 0.543. The Morgan fingerprint density at radius 1 is 1.30 bits per heavy atom. The monoisotopic (exact) mass is 141 g/mol. The van der Waals surface area contributed by atoms with E-state index in [1.807, 2.05) is 0 Å². The molecule has 0 bridgehead atoms. The highest BCUT2D eigenvalue weighted by Gasteiger charge is 2.19. The average Bonchev–Trinajstić information content (AvgIpc) is 2.05. The van der Waals surface area contributed by atoms with Crippen LogP contribution in [0.25, 0.3) is 0 Å². The fraction of sp³-hybridized carbons (Fsp3) is 1.00. The van der Waals surface area contributed by atoms with Gasteiger partial charge >= 0.3 is 0 Å². The van der Waals surface area contributed by atoms with Gasteiger partial charge in [-0.05, 0) is 31.6 Å². The largest absolute Gasteiger partial charge is 0.151 e. The second-order valence-corrected chi connectivity index (χ2v) is 3.19. The van der Waals surface area contributed by atoms with E-state index in [1.54, 1.807) is 0 Å². The minimum Gasteiger partial charge on any atom is -0.151 e. The Labute approximate surface area is 62.0 Å². The Kier molecular flexibility index (Phi) is 2.84. The maximum absolute atomic E-state index is 10.1. The molecule has 0 aromatic rings. The van der Waals surface area contributed by atoms with Gasteiger partial charge in [-0.1, -0.05) is 18.5 Å². The summed E-state index contributed by atoms with van der Waals surface area (Å²) < 4.78 is 0. The number of hydrogen-bond donors (Lipinski definition) is 0. The molecule has 0 aromatic carbocycles. The Morgan fingerprint density at radius 2 is 1.90 bits per heavy atom. The molecular formula is C8H15NO. The van der Waals surface area contributed by atoms with Gasteiger partial charge in [0, 0.05) is 0 Å². The molecule has 0 N–H and O–H groups in total. The molecule has 1 fully saturated rings. The molecule has 10 heavy (non-hydrogen) atoms. The molecule has 2 heteroatoms. The van der Waals surface area contributed by atoms with Crippen LogP contribution >= 0.6 is 0 Å². The van der Waals surface area contributed by atoms with Crippen molar-refractivity contribution in [1.29, 1.82) is 0 Å². The summed E-state index contributed by atoms with van der Waals surface area (Å²) in [5, 5.41) is 3.07. The van der Waals surface area contributed by atoms with Gasteiger partial charge in [-0.25, -0.2) is 0 Å². The molecule has 1 rings (SSSR count). The molecule has 0 amide bonds. The second-order valence-electron chi connectivity index (χ2n) is 3.19. The molecule has 1 saturated carbocycles. The minimum atomic E-state index is 0.141. The topological polar surface area (TPSA) is 29.4 Å². The first kappa shape index (κ1) is 7.70. The fourth-order valence-corrected chi connectivity index (χ4v) is 1.66. The van der Waals surface area contributed by atoms with Crippen LogP contribution in [0.15, 0.2) is 5.18 Å². The van der Waals surface area contributed by atoms with Crippen LogP contribution in [0.2, 0.25) is 0 Å². The zero-order valence-electron chi connectivity index (χ0n) is 6.55. The van der Waals surface area contributed by atoms with Crippen molar-refractivity contribution in [1.82, 2.24) is 0 Å². The van der Waals surface area contributed by atoms with Crippen molar-refractivity contribution in [2.75, 3.05) is 0 Å². The van der Waals surface area contributed by atoms with Crippen molar-refractivity contribution < 1.29 is 0 Å². The van der Waals surface area contributed by atoms with Gasteiger partial charge in [0.25, 0.3) is 0 Å². The van der Waals surface area contributed by atoms with Crippen molar-refractivity contribution in [2.24, 2.45) is 11.1 Å². The normalized spacial score (nSPS) is 33.7. The van der Waals surface area contributed by atoms with Crippen LogP contribution in [-0.4, -0.2) is 6.04 Å². The summed E-state index contributed by atoms with van der Waals surface area (Å²) in [5.41, 5.74) is 0. The first-order chi connectivity index (χ1) is 4.86. The summed E-state index contributed by atoms with van der Waals surface area (Å²) in [6, 6.07) is 0.141. The number of nitrogens with zero attached hydrogens (tertiary/aromatic N) is 1. The Bertz CT molecular complexity index is 106. The average molecular weight is 141 g/mol. The second kappa shape index (κ2) is 3.69. The molecule has 1 aliphatic rings. The lowest BCUT2D eigenvalue weighted by molar-refractivity contribution is 0.319. The Balaban J connectivity index is 2.23. The van der Waals surface area contributed by atoms with E-state index in [4.69, 9.17) is 0 Å². The predicted molar refractivity (Wildman–Crippen MR) is 41.8 cm³/mol. The van der Waals surface area contributed by atoms with Crippen molar-refractivity contribution in [3.8, 4) is 0 Å². The van der Waals surface area contributed by atoms with Crippen LogP contribution in [0.4, 0.5) is 0 Å². The number of rotatable bonds is 2. The molecular weight excluding hydrogens is 126 g/mol. The van der Waals surface area contributed by atoms with Gasteiger partial charge in [0.05, 0.1) is 6.04 Å². The van der Waals surface area contributed by atoms with Crippen molar-refractivity contribution in [3.05, 3.63) is 4.91 Å². The molecule has 0 aromatic heterocycles. The van der Waals surface area contributed by atoms with Gasteiger partial charge in [0.15, 0.2) is 0 Å². The summed E-state index contributed by atoms with van der Waals surface area (Å²) >= 11 is 0. The van der Waals surface area contributed by atoms with Crippen LogP contribution in [0.3, 0.4) is 0 Å². The molecule has 2 nitrogen and oxygen atoms in total. The van der Waals surface area contributed by atoms with Crippen molar-refractivity contribution in [3.63, 3.8) is 0 Å². The van der Waals surface area contributed by atoms with Crippen LogP contribution in [0.1, 0.15) is 39.0 Å². The number of nitroso groups, excluding NO2 is 1. The molecule has 0 radical (unpaired) electrons. The Morgan fingerprint density at radius 3 is 2.30 bits per heavy atom. The molecule has 0 aliphatic heterocycles. The highest BCUT2D eigenvalue weighted by atomic mass is 16.3. The van der Waals surface area contributed by atoms with E-state index in [-0.39, 0.29) is 6.04 Å². The lowest BCUT2D eigenvalue weighted by Gasteiger charge is -2.22. The third-order valence-corrected chi connectivity index (χ3v) is 2.54. The van der Waals surface area contributed by atoms with Crippen molar-refractivity contribution >= 4 is 0 Å². The summed E-state index contributed by atoms with van der Waals surface area (Å²) in [7, 11) is 0. The first-order valence-electron chi connectivity index (χ1n) is 4.19.